The Labute approximate surface area is 71.0 Å². The minimum atomic E-state index is -0.0123. The summed E-state index contributed by atoms with van der Waals surface area (Å²) in [5.74, 6) is 1.95. The summed E-state index contributed by atoms with van der Waals surface area (Å²) in [5, 5.41) is 0. The quantitative estimate of drug-likeness (QED) is 0.698. The van der Waals surface area contributed by atoms with Crippen molar-refractivity contribution in [3.8, 4) is 0 Å². The predicted molar refractivity (Wildman–Crippen MR) is 45.0 cm³/mol. The first kappa shape index (κ1) is 9.88. The van der Waals surface area contributed by atoms with Crippen LogP contribution in [0.15, 0.2) is 0 Å². The summed E-state index contributed by atoms with van der Waals surface area (Å²) in [5.41, 5.74) is 0. The van der Waals surface area contributed by atoms with E-state index in [1.54, 1.807) is 8.26 Å². The van der Waals surface area contributed by atoms with Crippen LogP contribution < -0.4 is 0 Å². The second-order valence-electron chi connectivity index (χ2n) is 3.38. The molecule has 2 radical (unpaired) electrons. The summed E-state index contributed by atoms with van der Waals surface area (Å²) in [7, 11) is 0. The molecule has 0 aliphatic heterocycles. The van der Waals surface area contributed by atoms with Gasteiger partial charge >= 0.3 is 71.0 Å². The van der Waals surface area contributed by atoms with Gasteiger partial charge in [0.05, 0.1) is 0 Å². The average Bonchev–Trinajstić information content (AvgIpc) is 1.63. The van der Waals surface area contributed by atoms with Crippen molar-refractivity contribution in [1.82, 2.24) is 0 Å². The van der Waals surface area contributed by atoms with E-state index in [1.807, 2.05) is 0 Å². The standard InChI is InChI=1S/2C4H9.Bi/c2*1-4(2)3;/h2*4H,1H2,2-3H3;/q;;+1. The van der Waals surface area contributed by atoms with Crippen LogP contribution in [0.5, 0.6) is 0 Å². The van der Waals surface area contributed by atoms with Crippen LogP contribution in [0, 0.1) is 11.8 Å². The molecule has 0 nitrogen and oxygen atoms in total. The molecule has 0 heterocycles. The van der Waals surface area contributed by atoms with Crippen molar-refractivity contribution in [3.05, 3.63) is 0 Å². The van der Waals surface area contributed by atoms with Crippen molar-refractivity contribution in [2.24, 2.45) is 11.8 Å². The van der Waals surface area contributed by atoms with Crippen molar-refractivity contribution in [3.63, 3.8) is 0 Å². The summed E-state index contributed by atoms with van der Waals surface area (Å²) in [6.45, 7) is 9.35. The van der Waals surface area contributed by atoms with E-state index < -0.39 is 0 Å². The van der Waals surface area contributed by atoms with Crippen molar-refractivity contribution in [1.29, 1.82) is 0 Å². The SMILES string of the molecule is CC(C)[CH2][Bi+][CH2]C(C)C. The Bertz CT molecular complexity index is 49.6. The Kier molecular flexibility index (Phi) is 6.21. The normalized spacial score (nSPS) is 11.3. The summed E-state index contributed by atoms with van der Waals surface area (Å²) < 4.78 is 3.16. The van der Waals surface area contributed by atoms with E-state index in [0.29, 0.717) is 0 Å². The van der Waals surface area contributed by atoms with E-state index >= 15 is 0 Å². The van der Waals surface area contributed by atoms with Gasteiger partial charge in [-0.25, -0.2) is 0 Å². The third-order valence-corrected chi connectivity index (χ3v) is 8.67. The van der Waals surface area contributed by atoms with Gasteiger partial charge in [0, 0.05) is 0 Å². The van der Waals surface area contributed by atoms with Gasteiger partial charge in [0.1, 0.15) is 0 Å². The molecular formula is C8H18Bi+. The van der Waals surface area contributed by atoms with Crippen molar-refractivity contribution < 1.29 is 0 Å². The third kappa shape index (κ3) is 8.88. The molecule has 0 saturated heterocycles. The van der Waals surface area contributed by atoms with Gasteiger partial charge in [0.2, 0.25) is 0 Å². The molecule has 0 aliphatic carbocycles. The molecule has 0 aliphatic rings. The first-order chi connectivity index (χ1) is 4.13. The van der Waals surface area contributed by atoms with Crippen molar-refractivity contribution >= 4 is 23.2 Å². The van der Waals surface area contributed by atoms with Gasteiger partial charge in [-0.1, -0.05) is 0 Å². The average molecular weight is 323 g/mol. The minimum absolute atomic E-state index is 0.0123. The van der Waals surface area contributed by atoms with Crippen LogP contribution in [0.3, 0.4) is 0 Å². The molecule has 0 saturated carbocycles. The molecule has 0 atom stereocenters. The molecule has 0 rings (SSSR count). The summed E-state index contributed by atoms with van der Waals surface area (Å²) in [4.78, 5) is 0. The zero-order valence-corrected chi connectivity index (χ0v) is 10.5. The molecule has 0 bridgehead atoms. The fourth-order valence-corrected chi connectivity index (χ4v) is 5.19. The summed E-state index contributed by atoms with van der Waals surface area (Å²) in [6.07, 6.45) is 0. The fourth-order valence-electron chi connectivity index (χ4n) is 0.591. The monoisotopic (exact) mass is 323 g/mol. The van der Waals surface area contributed by atoms with Crippen LogP contribution in [-0.2, 0) is 0 Å². The number of hydrogen-bond acceptors (Lipinski definition) is 0. The third-order valence-electron chi connectivity index (χ3n) is 0.988. The second kappa shape index (κ2) is 5.65. The van der Waals surface area contributed by atoms with Crippen LogP contribution in [0.4, 0.5) is 0 Å². The molecule has 0 aromatic heterocycles. The van der Waals surface area contributed by atoms with Gasteiger partial charge < -0.3 is 0 Å². The Morgan fingerprint density at radius 3 is 1.44 bits per heavy atom. The van der Waals surface area contributed by atoms with Gasteiger partial charge in [-0.15, -0.1) is 0 Å². The Hall–Kier alpha value is 0.883. The molecule has 0 spiro atoms. The van der Waals surface area contributed by atoms with E-state index in [2.05, 4.69) is 27.7 Å². The maximum atomic E-state index is 2.34. The van der Waals surface area contributed by atoms with E-state index in [9.17, 15) is 0 Å². The molecule has 0 fully saturated rings. The van der Waals surface area contributed by atoms with E-state index in [4.69, 9.17) is 0 Å². The first-order valence-corrected chi connectivity index (χ1v) is 8.68. The predicted octanol–water partition coefficient (Wildman–Crippen LogP) is 2.84. The zero-order valence-electron chi connectivity index (χ0n) is 7.02. The molecule has 0 N–H and O–H groups in total. The van der Waals surface area contributed by atoms with Crippen LogP contribution in [0.2, 0.25) is 8.26 Å². The molecular weight excluding hydrogens is 305 g/mol. The Morgan fingerprint density at radius 1 is 0.889 bits per heavy atom. The molecule has 1 heteroatoms. The van der Waals surface area contributed by atoms with Gasteiger partial charge in [-0.05, 0) is 0 Å². The van der Waals surface area contributed by atoms with Crippen LogP contribution in [0.25, 0.3) is 0 Å². The fraction of sp³-hybridized carbons (Fsp3) is 1.00. The van der Waals surface area contributed by atoms with E-state index in [1.165, 1.54) is 0 Å². The Balaban J connectivity index is 2.91. The molecule has 0 aromatic carbocycles. The number of hydrogen-bond donors (Lipinski definition) is 0. The molecule has 0 amide bonds. The van der Waals surface area contributed by atoms with Crippen molar-refractivity contribution in [2.45, 2.75) is 36.0 Å². The molecule has 9 heavy (non-hydrogen) atoms. The second-order valence-corrected chi connectivity index (χ2v) is 7.95. The van der Waals surface area contributed by atoms with E-state index in [0.717, 1.165) is 11.8 Å². The summed E-state index contributed by atoms with van der Waals surface area (Å²) >= 11 is -0.0123. The Morgan fingerprint density at radius 2 is 1.22 bits per heavy atom. The van der Waals surface area contributed by atoms with Gasteiger partial charge in [0.25, 0.3) is 0 Å². The van der Waals surface area contributed by atoms with Gasteiger partial charge in [0.15, 0.2) is 0 Å². The van der Waals surface area contributed by atoms with Crippen LogP contribution >= 0.6 is 0 Å². The molecule has 54 valence electrons. The first-order valence-electron chi connectivity index (χ1n) is 3.76. The van der Waals surface area contributed by atoms with Gasteiger partial charge in [-0.3, -0.25) is 0 Å². The van der Waals surface area contributed by atoms with E-state index in [-0.39, 0.29) is 23.2 Å². The van der Waals surface area contributed by atoms with Crippen LogP contribution in [0.1, 0.15) is 27.7 Å². The summed E-state index contributed by atoms with van der Waals surface area (Å²) in [6, 6.07) is 0. The maximum absolute atomic E-state index is 2.34. The number of rotatable bonds is 4. The molecule has 0 unspecified atom stereocenters. The molecule has 0 aromatic rings. The van der Waals surface area contributed by atoms with Crippen LogP contribution in [-0.4, -0.2) is 23.2 Å². The van der Waals surface area contributed by atoms with Gasteiger partial charge in [-0.2, -0.15) is 0 Å². The van der Waals surface area contributed by atoms with Crippen molar-refractivity contribution in [2.75, 3.05) is 0 Å². The zero-order chi connectivity index (χ0) is 7.28. The topological polar surface area (TPSA) is 0 Å².